The molecule has 4 rings (SSSR count). The number of rotatable bonds is 6. The van der Waals surface area contributed by atoms with Gasteiger partial charge in [-0.15, -0.1) is 11.3 Å². The number of nitrogens with zero attached hydrogens (tertiary/aromatic N) is 1. The van der Waals surface area contributed by atoms with Gasteiger partial charge in [0.05, 0.1) is 17.1 Å². The van der Waals surface area contributed by atoms with E-state index in [1.54, 1.807) is 26.0 Å². The van der Waals surface area contributed by atoms with Gasteiger partial charge in [-0.1, -0.05) is 13.0 Å². The lowest BCUT2D eigenvalue weighted by molar-refractivity contribution is 0.0526. The summed E-state index contributed by atoms with van der Waals surface area (Å²) in [5.74, 6) is -0.341. The van der Waals surface area contributed by atoms with Gasteiger partial charge in [0, 0.05) is 23.5 Å². The Bertz CT molecular complexity index is 1190. The number of esters is 1. The van der Waals surface area contributed by atoms with Gasteiger partial charge in [-0.3, -0.25) is 4.79 Å². The molecule has 1 aliphatic carbocycles. The maximum atomic E-state index is 13.3. The van der Waals surface area contributed by atoms with Crippen molar-refractivity contribution in [3.8, 4) is 0 Å². The third-order valence-electron chi connectivity index (χ3n) is 6.71. The molecule has 184 valence electrons. The van der Waals surface area contributed by atoms with Gasteiger partial charge < -0.3 is 10.1 Å². The molecule has 1 amide bonds. The van der Waals surface area contributed by atoms with Crippen molar-refractivity contribution < 1.29 is 22.7 Å². The van der Waals surface area contributed by atoms with Gasteiger partial charge in [0.15, 0.2) is 0 Å². The van der Waals surface area contributed by atoms with Gasteiger partial charge in [-0.2, -0.15) is 4.31 Å². The number of amides is 1. The van der Waals surface area contributed by atoms with Crippen LogP contribution in [0, 0.1) is 12.8 Å². The summed E-state index contributed by atoms with van der Waals surface area (Å²) in [5, 5.41) is 3.38. The monoisotopic (exact) mass is 504 g/mol. The number of carbonyl (C=O) groups is 2. The Hall–Kier alpha value is -2.23. The van der Waals surface area contributed by atoms with Gasteiger partial charge in [0.25, 0.3) is 5.91 Å². The van der Waals surface area contributed by atoms with Crippen LogP contribution < -0.4 is 5.32 Å². The van der Waals surface area contributed by atoms with E-state index in [4.69, 9.17) is 4.74 Å². The van der Waals surface area contributed by atoms with Gasteiger partial charge in [-0.25, -0.2) is 13.2 Å². The maximum absolute atomic E-state index is 13.3. The molecule has 2 aromatic rings. The number of piperidine rings is 1. The number of nitrogens with one attached hydrogen (secondary N) is 1. The minimum Gasteiger partial charge on any atom is -0.462 e. The largest absolute Gasteiger partial charge is 0.462 e. The average Bonchev–Trinajstić information content (AvgIpc) is 3.17. The fourth-order valence-electron chi connectivity index (χ4n) is 4.62. The second-order valence-electron chi connectivity index (χ2n) is 9.15. The Kier molecular flexibility index (Phi) is 7.45. The second-order valence-corrected chi connectivity index (χ2v) is 12.2. The van der Waals surface area contributed by atoms with Crippen molar-refractivity contribution in [2.45, 2.75) is 64.2 Å². The number of carbonyl (C=O) groups excluding carboxylic acids is 2. The number of fused-ring (bicyclic) bond motifs is 1. The molecule has 0 unspecified atom stereocenters. The molecule has 2 heterocycles. The molecule has 34 heavy (non-hydrogen) atoms. The summed E-state index contributed by atoms with van der Waals surface area (Å²) in [6.07, 6.45) is 5.38. The van der Waals surface area contributed by atoms with Crippen LogP contribution in [0.3, 0.4) is 0 Å². The lowest BCUT2D eigenvalue weighted by Crippen LogP contribution is -2.38. The standard InChI is InChI=1S/C25H32N2O5S2/c1-4-32-25(29)22-19-7-5-6-8-21(19)33-24(22)26-23(28)20-15-18(10-9-17(20)3)34(30,31)27-13-11-16(2)12-14-27/h9-10,15-16H,4-8,11-14H2,1-3H3,(H,26,28). The summed E-state index contributed by atoms with van der Waals surface area (Å²) in [7, 11) is -3.68. The zero-order valence-electron chi connectivity index (χ0n) is 20.0. The second kappa shape index (κ2) is 10.2. The molecule has 1 saturated heterocycles. The van der Waals surface area contributed by atoms with Crippen LogP contribution in [0.25, 0.3) is 0 Å². The van der Waals surface area contributed by atoms with Crippen molar-refractivity contribution in [2.75, 3.05) is 25.0 Å². The van der Waals surface area contributed by atoms with Crippen molar-refractivity contribution in [2.24, 2.45) is 5.92 Å². The molecular formula is C25H32N2O5S2. The van der Waals surface area contributed by atoms with Crippen LogP contribution in [0.5, 0.6) is 0 Å². The minimum atomic E-state index is -3.68. The van der Waals surface area contributed by atoms with E-state index in [-0.39, 0.29) is 17.1 Å². The Labute approximate surface area is 205 Å². The van der Waals surface area contributed by atoms with E-state index >= 15 is 0 Å². The summed E-state index contributed by atoms with van der Waals surface area (Å²) in [5.41, 5.74) is 2.37. The van der Waals surface area contributed by atoms with Crippen molar-refractivity contribution >= 4 is 38.2 Å². The lowest BCUT2D eigenvalue weighted by Gasteiger charge is -2.29. The molecule has 7 nitrogen and oxygen atoms in total. The Balaban J connectivity index is 1.63. The molecule has 0 atom stereocenters. The van der Waals surface area contributed by atoms with Gasteiger partial charge >= 0.3 is 5.97 Å². The number of ether oxygens (including phenoxy) is 1. The lowest BCUT2D eigenvalue weighted by atomic mass is 9.95. The van der Waals surface area contributed by atoms with E-state index in [0.29, 0.717) is 35.1 Å². The molecule has 0 saturated carbocycles. The quantitative estimate of drug-likeness (QED) is 0.571. The molecule has 2 aliphatic rings. The first-order valence-electron chi connectivity index (χ1n) is 12.0. The molecule has 1 aliphatic heterocycles. The first-order chi connectivity index (χ1) is 16.2. The Morgan fingerprint density at radius 3 is 2.59 bits per heavy atom. The molecule has 1 fully saturated rings. The van der Waals surface area contributed by atoms with E-state index < -0.39 is 21.9 Å². The molecule has 9 heteroatoms. The number of hydrogen-bond donors (Lipinski definition) is 1. The van der Waals surface area contributed by atoms with Crippen LogP contribution >= 0.6 is 11.3 Å². The third-order valence-corrected chi connectivity index (χ3v) is 9.81. The van der Waals surface area contributed by atoms with Crippen molar-refractivity contribution in [3.63, 3.8) is 0 Å². The predicted molar refractivity (Wildman–Crippen MR) is 133 cm³/mol. The minimum absolute atomic E-state index is 0.119. The van der Waals surface area contributed by atoms with E-state index in [2.05, 4.69) is 12.2 Å². The zero-order chi connectivity index (χ0) is 24.5. The molecule has 1 aromatic heterocycles. The topological polar surface area (TPSA) is 92.8 Å². The van der Waals surface area contributed by atoms with Gasteiger partial charge in [0.1, 0.15) is 5.00 Å². The zero-order valence-corrected chi connectivity index (χ0v) is 21.6. The average molecular weight is 505 g/mol. The van der Waals surface area contributed by atoms with E-state index in [1.807, 2.05) is 0 Å². The number of hydrogen-bond acceptors (Lipinski definition) is 6. The van der Waals surface area contributed by atoms with Crippen LogP contribution in [-0.2, 0) is 27.6 Å². The SMILES string of the molecule is CCOC(=O)c1c(NC(=O)c2cc(S(=O)(=O)N3CCC(C)CC3)ccc2C)sc2c1CCCC2. The van der Waals surface area contributed by atoms with E-state index in [9.17, 15) is 18.0 Å². The molecule has 0 spiro atoms. The number of thiophene rings is 1. The summed E-state index contributed by atoms with van der Waals surface area (Å²) >= 11 is 1.42. The smallest absolute Gasteiger partial charge is 0.341 e. The van der Waals surface area contributed by atoms with Crippen LogP contribution in [0.4, 0.5) is 5.00 Å². The first-order valence-corrected chi connectivity index (χ1v) is 14.2. The summed E-state index contributed by atoms with van der Waals surface area (Å²) in [6, 6.07) is 4.68. The van der Waals surface area contributed by atoms with Crippen molar-refractivity contribution in [3.05, 3.63) is 45.3 Å². The molecule has 0 bridgehead atoms. The third kappa shape index (κ3) is 4.92. The van der Waals surface area contributed by atoms with Gasteiger partial charge in [-0.05, 0) is 81.5 Å². The molecular weight excluding hydrogens is 472 g/mol. The summed E-state index contributed by atoms with van der Waals surface area (Å²) in [6.45, 7) is 6.90. The highest BCUT2D eigenvalue weighted by Crippen LogP contribution is 2.39. The highest BCUT2D eigenvalue weighted by Gasteiger charge is 2.30. The van der Waals surface area contributed by atoms with Crippen molar-refractivity contribution in [1.82, 2.24) is 4.31 Å². The molecule has 1 N–H and O–H groups in total. The number of sulfonamides is 1. The van der Waals surface area contributed by atoms with E-state index in [0.717, 1.165) is 49.0 Å². The summed E-state index contributed by atoms with van der Waals surface area (Å²) < 4.78 is 33.2. The molecule has 0 radical (unpaired) electrons. The fourth-order valence-corrected chi connectivity index (χ4v) is 7.39. The molecule has 1 aromatic carbocycles. The van der Waals surface area contributed by atoms with Gasteiger partial charge in [0.2, 0.25) is 10.0 Å². The Morgan fingerprint density at radius 1 is 1.18 bits per heavy atom. The van der Waals surface area contributed by atoms with Crippen LogP contribution in [-0.4, -0.2) is 44.3 Å². The predicted octanol–water partition coefficient (Wildman–Crippen LogP) is 4.78. The first kappa shape index (κ1) is 24.9. The number of benzene rings is 1. The van der Waals surface area contributed by atoms with Crippen LogP contribution in [0.15, 0.2) is 23.1 Å². The van der Waals surface area contributed by atoms with Crippen molar-refractivity contribution in [1.29, 1.82) is 0 Å². The van der Waals surface area contributed by atoms with E-state index in [1.165, 1.54) is 21.7 Å². The van der Waals surface area contributed by atoms with Crippen LogP contribution in [0.1, 0.15) is 76.3 Å². The number of aryl methyl sites for hydroxylation is 2. The Morgan fingerprint density at radius 2 is 1.88 bits per heavy atom. The maximum Gasteiger partial charge on any atom is 0.341 e. The highest BCUT2D eigenvalue weighted by molar-refractivity contribution is 7.89. The fraction of sp³-hybridized carbons (Fsp3) is 0.520. The highest BCUT2D eigenvalue weighted by atomic mass is 32.2. The number of anilines is 1. The normalized spacial score (nSPS) is 17.3. The van der Waals surface area contributed by atoms with Crippen LogP contribution in [0.2, 0.25) is 0 Å². The summed E-state index contributed by atoms with van der Waals surface area (Å²) in [4.78, 5) is 27.3.